The van der Waals surface area contributed by atoms with Crippen LogP contribution in [0.5, 0.6) is 5.75 Å². The number of amides is 2. The van der Waals surface area contributed by atoms with Crippen LogP contribution in [0, 0.1) is 0 Å². The Morgan fingerprint density at radius 3 is 2.39 bits per heavy atom. The van der Waals surface area contributed by atoms with Crippen LogP contribution in [0.15, 0.2) is 42.5 Å². The number of halogens is 2. The van der Waals surface area contributed by atoms with Crippen LogP contribution in [0.1, 0.15) is 51.5 Å². The molecule has 0 heterocycles. The number of nitrogens with zero attached hydrogens (tertiary/aromatic N) is 2. The van der Waals surface area contributed by atoms with Gasteiger partial charge < -0.3 is 15.0 Å². The van der Waals surface area contributed by atoms with Crippen LogP contribution in [-0.2, 0) is 26.2 Å². The van der Waals surface area contributed by atoms with Crippen molar-refractivity contribution in [3.63, 3.8) is 0 Å². The molecule has 2 aromatic rings. The highest BCUT2D eigenvalue weighted by Crippen LogP contribution is 2.26. The molecular formula is C27H37Cl2N3O5S. The number of sulfonamides is 1. The van der Waals surface area contributed by atoms with Gasteiger partial charge in [0.05, 0.1) is 29.1 Å². The molecule has 0 saturated heterocycles. The molecule has 2 amide bonds. The van der Waals surface area contributed by atoms with Gasteiger partial charge in [0, 0.05) is 32.1 Å². The minimum Gasteiger partial charge on any atom is -0.497 e. The van der Waals surface area contributed by atoms with E-state index in [0.29, 0.717) is 34.4 Å². The van der Waals surface area contributed by atoms with Crippen molar-refractivity contribution < 1.29 is 22.7 Å². The highest BCUT2D eigenvalue weighted by atomic mass is 35.5. The standard InChI is InChI=1S/C27H37Cl2N3O5S/c1-5-7-15-30-27(34)25(6-2)31(19-20-13-14-23(28)24(29)17-20)26(33)12-9-16-32(38(4,35)36)21-10-8-11-22(18-21)37-3/h8,10-11,13-14,17-18,25H,5-7,9,12,15-16,19H2,1-4H3,(H,30,34). The molecule has 0 fully saturated rings. The van der Waals surface area contributed by atoms with Crippen molar-refractivity contribution in [2.45, 2.75) is 58.5 Å². The Hall–Kier alpha value is -2.49. The van der Waals surface area contributed by atoms with E-state index in [1.54, 1.807) is 42.5 Å². The minimum absolute atomic E-state index is 0.0516. The third-order valence-electron chi connectivity index (χ3n) is 6.05. The maximum Gasteiger partial charge on any atom is 0.242 e. The molecule has 2 aromatic carbocycles. The second-order valence-electron chi connectivity index (χ2n) is 8.98. The average molecular weight is 587 g/mol. The second-order valence-corrected chi connectivity index (χ2v) is 11.7. The first-order chi connectivity index (χ1) is 18.0. The summed E-state index contributed by atoms with van der Waals surface area (Å²) in [5.41, 5.74) is 1.19. The van der Waals surface area contributed by atoms with Crippen LogP contribution >= 0.6 is 23.2 Å². The maximum absolute atomic E-state index is 13.5. The lowest BCUT2D eigenvalue weighted by molar-refractivity contribution is -0.141. The lowest BCUT2D eigenvalue weighted by Gasteiger charge is -2.31. The van der Waals surface area contributed by atoms with Crippen molar-refractivity contribution in [2.24, 2.45) is 0 Å². The number of rotatable bonds is 15. The van der Waals surface area contributed by atoms with E-state index in [4.69, 9.17) is 27.9 Å². The Kier molecular flexibility index (Phi) is 12.7. The Morgan fingerprint density at radius 2 is 1.79 bits per heavy atom. The predicted molar refractivity (Wildman–Crippen MR) is 153 cm³/mol. The molecule has 0 saturated carbocycles. The molecule has 0 bridgehead atoms. The van der Waals surface area contributed by atoms with Crippen LogP contribution in [-0.4, -0.2) is 57.6 Å². The van der Waals surface area contributed by atoms with Gasteiger partial charge >= 0.3 is 0 Å². The summed E-state index contributed by atoms with van der Waals surface area (Å²) in [5.74, 6) is 0.0519. The summed E-state index contributed by atoms with van der Waals surface area (Å²) in [4.78, 5) is 28.1. The fourth-order valence-corrected chi connectivity index (χ4v) is 5.31. The molecule has 0 aliphatic heterocycles. The van der Waals surface area contributed by atoms with Gasteiger partial charge in [-0.1, -0.05) is 55.6 Å². The molecule has 1 atom stereocenters. The number of methoxy groups -OCH3 is 1. The summed E-state index contributed by atoms with van der Waals surface area (Å²) in [7, 11) is -2.10. The number of ether oxygens (including phenoxy) is 1. The lowest BCUT2D eigenvalue weighted by atomic mass is 10.1. The van der Waals surface area contributed by atoms with Gasteiger partial charge in [0.25, 0.3) is 0 Å². The number of unbranched alkanes of at least 4 members (excludes halogenated alkanes) is 1. The van der Waals surface area contributed by atoms with E-state index in [1.165, 1.54) is 16.3 Å². The van der Waals surface area contributed by atoms with Crippen LogP contribution in [0.2, 0.25) is 10.0 Å². The van der Waals surface area contributed by atoms with Gasteiger partial charge in [0.1, 0.15) is 11.8 Å². The molecule has 8 nitrogen and oxygen atoms in total. The highest BCUT2D eigenvalue weighted by Gasteiger charge is 2.29. The van der Waals surface area contributed by atoms with Gasteiger partial charge in [-0.05, 0) is 49.1 Å². The van der Waals surface area contributed by atoms with Crippen LogP contribution in [0.3, 0.4) is 0 Å². The number of hydrogen-bond donors (Lipinski definition) is 1. The Balaban J connectivity index is 2.23. The van der Waals surface area contributed by atoms with E-state index in [2.05, 4.69) is 5.32 Å². The van der Waals surface area contributed by atoms with E-state index < -0.39 is 16.1 Å². The van der Waals surface area contributed by atoms with E-state index in [1.807, 2.05) is 13.8 Å². The second kappa shape index (κ2) is 15.2. The van der Waals surface area contributed by atoms with Crippen molar-refractivity contribution in [3.8, 4) is 5.75 Å². The summed E-state index contributed by atoms with van der Waals surface area (Å²) < 4.78 is 31.5. The fourth-order valence-electron chi connectivity index (χ4n) is 4.03. The van der Waals surface area contributed by atoms with Crippen LogP contribution < -0.4 is 14.4 Å². The van der Waals surface area contributed by atoms with Gasteiger partial charge in [-0.3, -0.25) is 13.9 Å². The zero-order valence-electron chi connectivity index (χ0n) is 22.4. The maximum atomic E-state index is 13.5. The minimum atomic E-state index is -3.60. The molecule has 11 heteroatoms. The largest absolute Gasteiger partial charge is 0.497 e. The van der Waals surface area contributed by atoms with Gasteiger partial charge in [-0.25, -0.2) is 8.42 Å². The fraction of sp³-hybridized carbons (Fsp3) is 0.481. The molecule has 0 spiro atoms. The molecule has 1 N–H and O–H groups in total. The summed E-state index contributed by atoms with van der Waals surface area (Å²) >= 11 is 12.2. The van der Waals surface area contributed by atoms with E-state index in [9.17, 15) is 18.0 Å². The van der Waals surface area contributed by atoms with Gasteiger partial charge in [-0.2, -0.15) is 0 Å². The Morgan fingerprint density at radius 1 is 1.05 bits per heavy atom. The predicted octanol–water partition coefficient (Wildman–Crippen LogP) is 5.27. The first-order valence-corrected chi connectivity index (χ1v) is 15.2. The SMILES string of the molecule is CCCCNC(=O)C(CC)N(Cc1ccc(Cl)c(Cl)c1)C(=O)CCCN(c1cccc(OC)c1)S(C)(=O)=O. The smallest absolute Gasteiger partial charge is 0.242 e. The van der Waals surface area contributed by atoms with Crippen molar-refractivity contribution in [1.82, 2.24) is 10.2 Å². The van der Waals surface area contributed by atoms with Crippen molar-refractivity contribution >= 4 is 50.7 Å². The molecule has 210 valence electrons. The molecule has 38 heavy (non-hydrogen) atoms. The summed E-state index contributed by atoms with van der Waals surface area (Å²) in [6.45, 7) is 4.69. The van der Waals surface area contributed by atoms with Crippen molar-refractivity contribution in [1.29, 1.82) is 0 Å². The average Bonchev–Trinajstić information content (AvgIpc) is 2.87. The van der Waals surface area contributed by atoms with Crippen LogP contribution in [0.25, 0.3) is 0 Å². The molecular weight excluding hydrogens is 549 g/mol. The van der Waals surface area contributed by atoms with Gasteiger partial charge in [0.2, 0.25) is 21.8 Å². The third-order valence-corrected chi connectivity index (χ3v) is 7.98. The number of anilines is 1. The first kappa shape index (κ1) is 31.7. The van der Waals surface area contributed by atoms with E-state index in [-0.39, 0.29) is 37.7 Å². The number of hydrogen-bond acceptors (Lipinski definition) is 5. The zero-order valence-corrected chi connectivity index (χ0v) is 24.7. The number of benzene rings is 2. The summed E-state index contributed by atoms with van der Waals surface area (Å²) in [5, 5.41) is 3.68. The van der Waals surface area contributed by atoms with Crippen molar-refractivity contribution in [3.05, 3.63) is 58.1 Å². The summed E-state index contributed by atoms with van der Waals surface area (Å²) in [6, 6.07) is 11.2. The number of carbonyl (C=O) groups is 2. The normalized spacial score (nSPS) is 12.1. The Labute approximate surface area is 236 Å². The van der Waals surface area contributed by atoms with Gasteiger partial charge in [-0.15, -0.1) is 0 Å². The number of nitrogens with one attached hydrogen (secondary N) is 1. The van der Waals surface area contributed by atoms with Gasteiger partial charge in [0.15, 0.2) is 0 Å². The van der Waals surface area contributed by atoms with E-state index in [0.717, 1.165) is 24.7 Å². The molecule has 1 unspecified atom stereocenters. The lowest BCUT2D eigenvalue weighted by Crippen LogP contribution is -2.49. The molecule has 0 aliphatic carbocycles. The zero-order chi connectivity index (χ0) is 28.3. The number of carbonyl (C=O) groups excluding carboxylic acids is 2. The Bertz CT molecular complexity index is 1190. The van der Waals surface area contributed by atoms with Crippen molar-refractivity contribution in [2.75, 3.05) is 30.8 Å². The quantitative estimate of drug-likeness (QED) is 0.287. The molecule has 0 radical (unpaired) electrons. The third kappa shape index (κ3) is 9.36. The first-order valence-electron chi connectivity index (χ1n) is 12.6. The highest BCUT2D eigenvalue weighted by molar-refractivity contribution is 7.92. The topological polar surface area (TPSA) is 96.0 Å². The monoisotopic (exact) mass is 585 g/mol. The molecule has 0 aliphatic rings. The molecule has 2 rings (SSSR count). The van der Waals surface area contributed by atoms with E-state index >= 15 is 0 Å². The molecule has 0 aromatic heterocycles. The summed E-state index contributed by atoms with van der Waals surface area (Å²) in [6.07, 6.45) is 3.63. The van der Waals surface area contributed by atoms with Crippen LogP contribution in [0.4, 0.5) is 5.69 Å².